The van der Waals surface area contributed by atoms with Gasteiger partial charge in [-0.25, -0.2) is 4.39 Å². The average Bonchev–Trinajstić information content (AvgIpc) is 2.09. The minimum absolute atomic E-state index is 0.353. The van der Waals surface area contributed by atoms with Crippen molar-refractivity contribution in [1.29, 1.82) is 0 Å². The van der Waals surface area contributed by atoms with Crippen LogP contribution in [-0.4, -0.2) is 11.7 Å². The van der Waals surface area contributed by atoms with Crippen molar-refractivity contribution in [2.45, 2.75) is 12.5 Å². The summed E-state index contributed by atoms with van der Waals surface area (Å²) in [5.41, 5.74) is 5.83. The van der Waals surface area contributed by atoms with Gasteiger partial charge in [0, 0.05) is 4.47 Å². The first-order valence-electron chi connectivity index (χ1n) is 3.98. The smallest absolute Gasteiger partial charge is 0.123 e. The standard InChI is InChI=1S/C9H11BrFNO/c10-8-2-1-6(11)5-7(8)9(13)3-4-12/h1-2,5,9,13H,3-4,12H2/t9-/m0/s1. The molecule has 4 heteroatoms. The van der Waals surface area contributed by atoms with Crippen LogP contribution in [0.3, 0.4) is 0 Å². The highest BCUT2D eigenvalue weighted by Crippen LogP contribution is 2.25. The molecule has 0 spiro atoms. The van der Waals surface area contributed by atoms with Crippen LogP contribution in [0.5, 0.6) is 0 Å². The Morgan fingerprint density at radius 1 is 1.54 bits per heavy atom. The molecule has 0 fully saturated rings. The van der Waals surface area contributed by atoms with Crippen molar-refractivity contribution < 1.29 is 9.50 Å². The van der Waals surface area contributed by atoms with Crippen LogP contribution in [0, 0.1) is 5.82 Å². The third-order valence-electron chi connectivity index (χ3n) is 1.76. The molecule has 0 aliphatic rings. The molecule has 0 saturated heterocycles. The molecule has 1 aromatic carbocycles. The van der Waals surface area contributed by atoms with Crippen molar-refractivity contribution in [3.63, 3.8) is 0 Å². The van der Waals surface area contributed by atoms with Crippen molar-refractivity contribution in [3.8, 4) is 0 Å². The summed E-state index contributed by atoms with van der Waals surface area (Å²) < 4.78 is 13.5. The molecule has 0 aromatic heterocycles. The van der Waals surface area contributed by atoms with Gasteiger partial charge in [-0.15, -0.1) is 0 Å². The summed E-state index contributed by atoms with van der Waals surface area (Å²) in [6, 6.07) is 4.22. The Kier molecular flexibility index (Phi) is 3.84. The topological polar surface area (TPSA) is 46.2 Å². The van der Waals surface area contributed by atoms with Crippen LogP contribution < -0.4 is 5.73 Å². The maximum atomic E-state index is 12.8. The second kappa shape index (κ2) is 4.69. The van der Waals surface area contributed by atoms with E-state index in [0.29, 0.717) is 23.0 Å². The highest BCUT2D eigenvalue weighted by atomic mass is 79.9. The molecule has 0 bridgehead atoms. The molecule has 72 valence electrons. The summed E-state index contributed by atoms with van der Waals surface area (Å²) in [4.78, 5) is 0. The summed E-state index contributed by atoms with van der Waals surface area (Å²) in [5, 5.41) is 9.55. The first-order chi connectivity index (χ1) is 6.15. The molecule has 0 radical (unpaired) electrons. The Balaban J connectivity index is 2.91. The van der Waals surface area contributed by atoms with Crippen molar-refractivity contribution in [1.82, 2.24) is 0 Å². The number of aliphatic hydroxyl groups excluding tert-OH is 1. The van der Waals surface area contributed by atoms with Crippen LogP contribution in [0.25, 0.3) is 0 Å². The van der Waals surface area contributed by atoms with E-state index in [4.69, 9.17) is 5.73 Å². The van der Waals surface area contributed by atoms with Gasteiger partial charge in [0.05, 0.1) is 6.10 Å². The fourth-order valence-corrected chi connectivity index (χ4v) is 1.59. The predicted molar refractivity (Wildman–Crippen MR) is 52.7 cm³/mol. The number of aliphatic hydroxyl groups is 1. The molecule has 0 amide bonds. The number of hydrogen-bond acceptors (Lipinski definition) is 2. The zero-order chi connectivity index (χ0) is 9.84. The van der Waals surface area contributed by atoms with Gasteiger partial charge in [-0.2, -0.15) is 0 Å². The van der Waals surface area contributed by atoms with Gasteiger partial charge in [-0.1, -0.05) is 15.9 Å². The lowest BCUT2D eigenvalue weighted by Crippen LogP contribution is -2.07. The monoisotopic (exact) mass is 247 g/mol. The first-order valence-corrected chi connectivity index (χ1v) is 4.77. The van der Waals surface area contributed by atoms with Gasteiger partial charge in [-0.3, -0.25) is 0 Å². The van der Waals surface area contributed by atoms with E-state index in [9.17, 15) is 9.50 Å². The van der Waals surface area contributed by atoms with Gasteiger partial charge in [0.25, 0.3) is 0 Å². The Bertz CT molecular complexity index is 293. The van der Waals surface area contributed by atoms with E-state index in [1.54, 1.807) is 6.07 Å². The molecule has 0 aliphatic carbocycles. The summed E-state index contributed by atoms with van der Waals surface area (Å²) >= 11 is 3.23. The van der Waals surface area contributed by atoms with Crippen LogP contribution in [-0.2, 0) is 0 Å². The highest BCUT2D eigenvalue weighted by Gasteiger charge is 2.10. The van der Waals surface area contributed by atoms with Crippen molar-refractivity contribution in [2.24, 2.45) is 5.73 Å². The molecule has 1 rings (SSSR count). The van der Waals surface area contributed by atoms with E-state index >= 15 is 0 Å². The van der Waals surface area contributed by atoms with Crippen molar-refractivity contribution in [2.75, 3.05) is 6.54 Å². The minimum Gasteiger partial charge on any atom is -0.388 e. The molecule has 13 heavy (non-hydrogen) atoms. The first kappa shape index (κ1) is 10.6. The number of hydrogen-bond donors (Lipinski definition) is 2. The highest BCUT2D eigenvalue weighted by molar-refractivity contribution is 9.10. The Hall–Kier alpha value is -0.450. The van der Waals surface area contributed by atoms with E-state index in [2.05, 4.69) is 15.9 Å². The maximum absolute atomic E-state index is 12.8. The molecule has 0 heterocycles. The van der Waals surface area contributed by atoms with E-state index in [-0.39, 0.29) is 5.82 Å². The lowest BCUT2D eigenvalue weighted by atomic mass is 10.1. The van der Waals surface area contributed by atoms with Crippen LogP contribution in [0.1, 0.15) is 18.1 Å². The normalized spacial score (nSPS) is 12.9. The van der Waals surface area contributed by atoms with Gasteiger partial charge in [0.15, 0.2) is 0 Å². The number of halogens is 2. The van der Waals surface area contributed by atoms with Crippen LogP contribution in [0.2, 0.25) is 0 Å². The molecule has 1 aromatic rings. The molecule has 1 atom stereocenters. The summed E-state index contributed by atoms with van der Waals surface area (Å²) in [5.74, 6) is -0.353. The SMILES string of the molecule is NCC[C@H](O)c1cc(F)ccc1Br. The van der Waals surface area contributed by atoms with Gasteiger partial charge >= 0.3 is 0 Å². The maximum Gasteiger partial charge on any atom is 0.123 e. The van der Waals surface area contributed by atoms with Crippen molar-refractivity contribution in [3.05, 3.63) is 34.1 Å². The second-order valence-electron chi connectivity index (χ2n) is 2.76. The molecule has 0 unspecified atom stereocenters. The number of rotatable bonds is 3. The molecular formula is C9H11BrFNO. The summed E-state index contributed by atoms with van der Waals surface area (Å²) in [6.07, 6.45) is -0.266. The fourth-order valence-electron chi connectivity index (χ4n) is 1.08. The summed E-state index contributed by atoms with van der Waals surface area (Å²) in [6.45, 7) is 0.379. The van der Waals surface area contributed by atoms with Crippen LogP contribution in [0.4, 0.5) is 4.39 Å². The number of benzene rings is 1. The molecular weight excluding hydrogens is 237 g/mol. The molecule has 0 saturated carbocycles. The van der Waals surface area contributed by atoms with E-state index in [1.807, 2.05) is 0 Å². The van der Waals surface area contributed by atoms with E-state index in [0.717, 1.165) is 0 Å². The van der Waals surface area contributed by atoms with Gasteiger partial charge in [0.2, 0.25) is 0 Å². The van der Waals surface area contributed by atoms with E-state index < -0.39 is 6.10 Å². The third kappa shape index (κ3) is 2.76. The van der Waals surface area contributed by atoms with Crippen LogP contribution in [0.15, 0.2) is 22.7 Å². The van der Waals surface area contributed by atoms with Gasteiger partial charge in [-0.05, 0) is 36.7 Å². The zero-order valence-corrected chi connectivity index (χ0v) is 8.59. The Morgan fingerprint density at radius 3 is 2.85 bits per heavy atom. The van der Waals surface area contributed by atoms with Crippen molar-refractivity contribution >= 4 is 15.9 Å². The number of nitrogens with two attached hydrogens (primary N) is 1. The average molecular weight is 248 g/mol. The third-order valence-corrected chi connectivity index (χ3v) is 2.48. The van der Waals surface area contributed by atoms with Gasteiger partial charge in [0.1, 0.15) is 5.82 Å². The fraction of sp³-hybridized carbons (Fsp3) is 0.333. The predicted octanol–water partition coefficient (Wildman–Crippen LogP) is 1.97. The Labute approximate surface area is 84.7 Å². The lowest BCUT2D eigenvalue weighted by molar-refractivity contribution is 0.169. The van der Waals surface area contributed by atoms with Gasteiger partial charge < -0.3 is 10.8 Å². The van der Waals surface area contributed by atoms with Crippen LogP contribution >= 0.6 is 15.9 Å². The van der Waals surface area contributed by atoms with E-state index in [1.165, 1.54) is 12.1 Å². The summed E-state index contributed by atoms with van der Waals surface area (Å²) in [7, 11) is 0. The quantitative estimate of drug-likeness (QED) is 0.858. The lowest BCUT2D eigenvalue weighted by Gasteiger charge is -2.11. The Morgan fingerprint density at radius 2 is 2.23 bits per heavy atom. The largest absolute Gasteiger partial charge is 0.388 e. The second-order valence-corrected chi connectivity index (χ2v) is 3.61. The molecule has 2 nitrogen and oxygen atoms in total. The molecule has 0 aliphatic heterocycles. The zero-order valence-electron chi connectivity index (χ0n) is 7.00. The minimum atomic E-state index is -0.699. The molecule has 3 N–H and O–H groups in total.